The Morgan fingerprint density at radius 1 is 0.806 bits per heavy atom. The molecular formula is C28H46N2O. The van der Waals surface area contributed by atoms with E-state index in [9.17, 15) is 4.79 Å². The number of piperazine rings is 1. The topological polar surface area (TPSA) is 23.6 Å². The van der Waals surface area contributed by atoms with Gasteiger partial charge >= 0.3 is 0 Å². The van der Waals surface area contributed by atoms with Crippen molar-refractivity contribution in [1.29, 1.82) is 0 Å². The average Bonchev–Trinajstić information content (AvgIpc) is 2.71. The van der Waals surface area contributed by atoms with Gasteiger partial charge in [-0.3, -0.25) is 9.69 Å². The second-order valence-corrected chi connectivity index (χ2v) is 9.36. The van der Waals surface area contributed by atoms with Crippen molar-refractivity contribution in [3.63, 3.8) is 0 Å². The maximum Gasteiger partial charge on any atom is 0.153 e. The summed E-state index contributed by atoms with van der Waals surface area (Å²) in [5.41, 5.74) is 5.84. The lowest BCUT2D eigenvalue weighted by molar-refractivity contribution is -0.123. The van der Waals surface area contributed by atoms with Crippen LogP contribution in [0.4, 0.5) is 0 Å². The molecule has 0 radical (unpaired) electrons. The van der Waals surface area contributed by atoms with Crippen molar-refractivity contribution < 1.29 is 4.79 Å². The molecule has 0 aromatic rings. The Bertz CT molecular complexity index is 692. The number of hydrogen-bond acceptors (Lipinski definition) is 3. The number of hydrogen-bond donors (Lipinski definition) is 0. The number of nitrogens with zero attached hydrogens (tertiary/aromatic N) is 2. The first-order valence-corrected chi connectivity index (χ1v) is 11.9. The fourth-order valence-electron chi connectivity index (χ4n) is 3.87. The predicted octanol–water partition coefficient (Wildman–Crippen LogP) is 6.85. The third-order valence-electron chi connectivity index (χ3n) is 6.06. The monoisotopic (exact) mass is 426 g/mol. The van der Waals surface area contributed by atoms with Gasteiger partial charge in [0.2, 0.25) is 0 Å². The highest BCUT2D eigenvalue weighted by Gasteiger charge is 2.27. The van der Waals surface area contributed by atoms with Gasteiger partial charge in [-0.2, -0.15) is 0 Å². The molecule has 0 aliphatic carbocycles. The minimum Gasteiger partial charge on any atom is -0.365 e. The quantitative estimate of drug-likeness (QED) is 0.301. The van der Waals surface area contributed by atoms with Gasteiger partial charge in [0.15, 0.2) is 5.78 Å². The largest absolute Gasteiger partial charge is 0.365 e. The molecule has 0 spiro atoms. The van der Waals surface area contributed by atoms with E-state index in [2.05, 4.69) is 75.3 Å². The van der Waals surface area contributed by atoms with Crippen LogP contribution in [0, 0.1) is 0 Å². The van der Waals surface area contributed by atoms with E-state index in [1.165, 1.54) is 28.7 Å². The lowest BCUT2D eigenvalue weighted by Crippen LogP contribution is -2.53. The molecule has 1 heterocycles. The zero-order valence-corrected chi connectivity index (χ0v) is 21.0. The summed E-state index contributed by atoms with van der Waals surface area (Å²) in [4.78, 5) is 16.3. The minimum atomic E-state index is -0.0459. The molecule has 0 aromatic carbocycles. The van der Waals surface area contributed by atoms with E-state index < -0.39 is 0 Å². The van der Waals surface area contributed by atoms with E-state index in [4.69, 9.17) is 0 Å². The lowest BCUT2D eigenvalue weighted by atomic mass is 10.0. The number of Topliss-reactive ketones (excluding diaryl/α,β-unsaturated/α-hetero) is 1. The minimum absolute atomic E-state index is 0.0459. The van der Waals surface area contributed by atoms with Gasteiger partial charge in [0.05, 0.1) is 6.04 Å². The Balaban J connectivity index is 2.33. The van der Waals surface area contributed by atoms with Gasteiger partial charge in [0.25, 0.3) is 0 Å². The molecule has 1 rings (SSSR count). The molecule has 0 aromatic heterocycles. The van der Waals surface area contributed by atoms with Gasteiger partial charge in [-0.1, -0.05) is 53.2 Å². The maximum atomic E-state index is 11.9. The van der Waals surface area contributed by atoms with E-state index >= 15 is 0 Å². The summed E-state index contributed by atoms with van der Waals surface area (Å²) in [6, 6.07) is -0.0459. The molecule has 174 valence electrons. The molecule has 1 saturated heterocycles. The molecule has 1 aliphatic heterocycles. The summed E-state index contributed by atoms with van der Waals surface area (Å²) in [6.45, 7) is 20.2. The van der Waals surface area contributed by atoms with Gasteiger partial charge in [0, 0.05) is 26.2 Å². The zero-order chi connectivity index (χ0) is 23.2. The average molecular weight is 427 g/mol. The number of rotatable bonds is 13. The van der Waals surface area contributed by atoms with E-state index in [-0.39, 0.29) is 11.8 Å². The van der Waals surface area contributed by atoms with Gasteiger partial charge in [-0.15, -0.1) is 0 Å². The molecule has 1 unspecified atom stereocenters. The van der Waals surface area contributed by atoms with Crippen molar-refractivity contribution in [3.8, 4) is 0 Å². The zero-order valence-electron chi connectivity index (χ0n) is 21.0. The van der Waals surface area contributed by atoms with Gasteiger partial charge in [0.1, 0.15) is 0 Å². The van der Waals surface area contributed by atoms with Crippen LogP contribution >= 0.6 is 0 Å². The van der Waals surface area contributed by atoms with Crippen molar-refractivity contribution in [2.24, 2.45) is 0 Å². The maximum absolute atomic E-state index is 11.9. The molecule has 1 atom stereocenters. The third kappa shape index (κ3) is 11.9. The van der Waals surface area contributed by atoms with E-state index in [0.29, 0.717) is 0 Å². The van der Waals surface area contributed by atoms with Crippen LogP contribution in [-0.4, -0.2) is 47.8 Å². The Morgan fingerprint density at radius 2 is 1.32 bits per heavy atom. The van der Waals surface area contributed by atoms with Crippen LogP contribution in [0.2, 0.25) is 0 Å². The molecule has 0 bridgehead atoms. The molecule has 1 fully saturated rings. The van der Waals surface area contributed by atoms with Crippen molar-refractivity contribution in [1.82, 2.24) is 9.80 Å². The first-order valence-electron chi connectivity index (χ1n) is 11.9. The summed E-state index contributed by atoms with van der Waals surface area (Å²) < 4.78 is 0. The molecule has 0 saturated carbocycles. The standard InChI is InChI=1S/C28H46N2O/c1-8-30-21-20-29(22-28(30)27(7)31)19-18-26(6)17-11-16-25(5)15-10-14-24(4)13-9-12-23(2)3/h8,12,14,16,18,28H,1,9-11,13,15,17,19-22H2,2-7H3/b24-14+,25-16+,26-18+. The van der Waals surface area contributed by atoms with Crippen LogP contribution in [0.1, 0.15) is 80.1 Å². The Hall–Kier alpha value is -1.87. The molecule has 0 N–H and O–H groups in total. The van der Waals surface area contributed by atoms with Crippen LogP contribution in [0.5, 0.6) is 0 Å². The highest BCUT2D eigenvalue weighted by atomic mass is 16.1. The van der Waals surface area contributed by atoms with Crippen molar-refractivity contribution >= 4 is 5.78 Å². The Kier molecular flexibility index (Phi) is 13.2. The Morgan fingerprint density at radius 3 is 1.81 bits per heavy atom. The number of ketones is 1. The van der Waals surface area contributed by atoms with E-state index in [1.807, 2.05) is 0 Å². The van der Waals surface area contributed by atoms with Crippen LogP contribution in [0.25, 0.3) is 0 Å². The first-order chi connectivity index (χ1) is 14.7. The molecular weight excluding hydrogens is 380 g/mol. The van der Waals surface area contributed by atoms with Crippen LogP contribution in [-0.2, 0) is 4.79 Å². The van der Waals surface area contributed by atoms with Crippen molar-refractivity contribution in [3.05, 3.63) is 59.4 Å². The summed E-state index contributed by atoms with van der Waals surface area (Å²) in [5.74, 6) is 0.226. The fraction of sp³-hybridized carbons (Fsp3) is 0.607. The molecule has 3 heteroatoms. The summed E-state index contributed by atoms with van der Waals surface area (Å²) in [5, 5.41) is 0. The number of carbonyl (C=O) groups is 1. The fourth-order valence-corrected chi connectivity index (χ4v) is 3.87. The number of allylic oxidation sites excluding steroid dienone is 7. The van der Waals surface area contributed by atoms with Crippen LogP contribution in [0.15, 0.2) is 59.4 Å². The summed E-state index contributed by atoms with van der Waals surface area (Å²) in [7, 11) is 0. The van der Waals surface area contributed by atoms with Crippen molar-refractivity contribution in [2.45, 2.75) is 86.1 Å². The highest BCUT2D eigenvalue weighted by molar-refractivity contribution is 5.82. The Labute approximate surface area is 192 Å². The predicted molar refractivity (Wildman–Crippen MR) is 136 cm³/mol. The number of carbonyl (C=O) groups excluding carboxylic acids is 1. The lowest BCUT2D eigenvalue weighted by Gasteiger charge is -2.39. The molecule has 0 amide bonds. The second-order valence-electron chi connectivity index (χ2n) is 9.36. The summed E-state index contributed by atoms with van der Waals surface area (Å²) in [6.07, 6.45) is 18.1. The highest BCUT2D eigenvalue weighted by Crippen LogP contribution is 2.15. The smallest absolute Gasteiger partial charge is 0.153 e. The molecule has 1 aliphatic rings. The van der Waals surface area contributed by atoms with Gasteiger partial charge in [-0.05, 0) is 86.3 Å². The SMILES string of the molecule is C=CN1CCN(C/C=C(\C)CC/C=C(\C)CC/C=C(\C)CCC=C(C)C)CC1C(C)=O. The molecule has 31 heavy (non-hydrogen) atoms. The molecule has 3 nitrogen and oxygen atoms in total. The second kappa shape index (κ2) is 15.0. The van der Waals surface area contributed by atoms with E-state index in [0.717, 1.165) is 58.3 Å². The van der Waals surface area contributed by atoms with E-state index in [1.54, 1.807) is 13.1 Å². The van der Waals surface area contributed by atoms with Crippen LogP contribution < -0.4 is 0 Å². The first kappa shape index (κ1) is 27.2. The third-order valence-corrected chi connectivity index (χ3v) is 6.06. The van der Waals surface area contributed by atoms with Crippen molar-refractivity contribution in [2.75, 3.05) is 26.2 Å². The van der Waals surface area contributed by atoms with Gasteiger partial charge < -0.3 is 4.90 Å². The van der Waals surface area contributed by atoms with Gasteiger partial charge in [-0.25, -0.2) is 0 Å². The summed E-state index contributed by atoms with van der Waals surface area (Å²) >= 11 is 0. The normalized spacial score (nSPS) is 18.8. The van der Waals surface area contributed by atoms with Crippen LogP contribution in [0.3, 0.4) is 0 Å².